The average molecular weight is 265 g/mol. The number of carbonyl (C=O) groups is 1. The Morgan fingerprint density at radius 3 is 2.47 bits per heavy atom. The normalized spacial score (nSPS) is 12.9. The number of benzene rings is 1. The lowest BCUT2D eigenvalue weighted by atomic mass is 10.1. The van der Waals surface area contributed by atoms with Gasteiger partial charge < -0.3 is 9.64 Å². The maximum atomic E-state index is 11.8. The van der Waals surface area contributed by atoms with Crippen LogP contribution in [0, 0.1) is 0 Å². The van der Waals surface area contributed by atoms with Crippen molar-refractivity contribution in [1.29, 1.82) is 0 Å². The van der Waals surface area contributed by atoms with Crippen LogP contribution in [0.1, 0.15) is 26.3 Å². The first-order valence-corrected chi connectivity index (χ1v) is 6.38. The van der Waals surface area contributed by atoms with Crippen LogP contribution in [0.15, 0.2) is 27.4 Å². The number of ether oxygens (including phenoxy) is 1. The molecular weight excluding hydrogens is 246 g/mol. The van der Waals surface area contributed by atoms with Gasteiger partial charge in [0.2, 0.25) is 11.2 Å². The monoisotopic (exact) mass is 265 g/mol. The highest BCUT2D eigenvalue weighted by Crippen LogP contribution is 2.21. The van der Waals surface area contributed by atoms with Crippen LogP contribution < -0.4 is 0 Å². The van der Waals surface area contributed by atoms with Gasteiger partial charge in [-0.2, -0.15) is 0 Å². The first kappa shape index (κ1) is 13.5. The largest absolute Gasteiger partial charge is 0.447 e. The summed E-state index contributed by atoms with van der Waals surface area (Å²) in [5, 5.41) is 0. The highest BCUT2D eigenvalue weighted by Gasteiger charge is 2.19. The fourth-order valence-electron chi connectivity index (χ4n) is 1.81. The Labute approximate surface area is 112 Å². The summed E-state index contributed by atoms with van der Waals surface area (Å²) in [4.78, 5) is 13.4. The number of nitrogens with zero attached hydrogens (tertiary/aromatic N) is 1. The molecule has 0 saturated heterocycles. The Bertz CT molecular complexity index is 555. The van der Waals surface area contributed by atoms with Gasteiger partial charge in [0, 0.05) is 13.1 Å². The molecule has 104 valence electrons. The third kappa shape index (κ3) is 3.10. The molecule has 0 aliphatic carbocycles. The molecule has 5 nitrogen and oxygen atoms in total. The second kappa shape index (κ2) is 5.38. The third-order valence-corrected chi connectivity index (χ3v) is 3.05. The molecule has 0 spiro atoms. The minimum Gasteiger partial charge on any atom is -0.447 e. The van der Waals surface area contributed by atoms with Crippen LogP contribution in [0.3, 0.4) is 0 Å². The molecule has 0 radical (unpaired) electrons. The molecule has 2 aromatic rings. The fraction of sp³-hybridized carbons (Fsp3) is 0.500. The molecule has 0 aliphatic heterocycles. The first-order chi connectivity index (χ1) is 8.97. The number of amides is 1. The van der Waals surface area contributed by atoms with Crippen molar-refractivity contribution >= 4 is 17.3 Å². The zero-order valence-corrected chi connectivity index (χ0v) is 11.7. The van der Waals surface area contributed by atoms with Crippen LogP contribution in [0.2, 0.25) is 0 Å². The van der Waals surface area contributed by atoms with E-state index in [1.54, 1.807) is 11.9 Å². The second-order valence-corrected chi connectivity index (χ2v) is 5.04. The molecular formula is C14H19NO4. The van der Waals surface area contributed by atoms with E-state index in [2.05, 4.69) is 0 Å². The summed E-state index contributed by atoms with van der Waals surface area (Å²) in [6.07, 6.45) is 0.329. The molecule has 1 heterocycles. The van der Waals surface area contributed by atoms with E-state index in [1.807, 2.05) is 39.0 Å². The molecule has 0 fully saturated rings. The number of rotatable bonds is 4. The van der Waals surface area contributed by atoms with Crippen molar-refractivity contribution in [3.05, 3.63) is 23.8 Å². The highest BCUT2D eigenvalue weighted by atomic mass is 17.0. The van der Waals surface area contributed by atoms with Crippen molar-refractivity contribution in [3.8, 4) is 0 Å². The van der Waals surface area contributed by atoms with Crippen LogP contribution in [-0.2, 0) is 11.2 Å². The van der Waals surface area contributed by atoms with Gasteiger partial charge in [-0.3, -0.25) is 9.15 Å². The number of fused-ring (bicyclic) bond motifs is 1. The van der Waals surface area contributed by atoms with E-state index in [1.165, 1.54) is 0 Å². The van der Waals surface area contributed by atoms with Gasteiger partial charge in [0.15, 0.2) is 0 Å². The van der Waals surface area contributed by atoms with Crippen LogP contribution in [0.4, 0.5) is 4.79 Å². The molecule has 2 rings (SSSR count). The lowest BCUT2D eigenvalue weighted by Crippen LogP contribution is -2.37. The van der Waals surface area contributed by atoms with Crippen LogP contribution >= 0.6 is 0 Å². The number of hydrogen-bond donors (Lipinski definition) is 0. The molecule has 1 atom stereocenters. The van der Waals surface area contributed by atoms with Crippen molar-refractivity contribution < 1.29 is 18.7 Å². The van der Waals surface area contributed by atoms with E-state index in [0.717, 1.165) is 23.2 Å². The summed E-state index contributed by atoms with van der Waals surface area (Å²) in [5.74, 6) is 0. The summed E-state index contributed by atoms with van der Waals surface area (Å²) in [7, 11) is 1.75. The van der Waals surface area contributed by atoms with Crippen molar-refractivity contribution in [2.75, 3.05) is 7.05 Å². The van der Waals surface area contributed by atoms with Crippen LogP contribution in [0.5, 0.6) is 0 Å². The molecule has 0 saturated carbocycles. The lowest BCUT2D eigenvalue weighted by molar-refractivity contribution is 0.0587. The molecule has 1 aromatic carbocycles. The standard InChI is InChI=1S/C14H19NO4/c1-9(2)17-14(16)15(4)10(3)7-11-5-6-12-13(8-11)19-18-12/h5-6,8-10H,7H2,1-4H3. The summed E-state index contributed by atoms with van der Waals surface area (Å²) >= 11 is 0. The minimum absolute atomic E-state index is 0.0466. The van der Waals surface area contributed by atoms with Crippen molar-refractivity contribution in [2.45, 2.75) is 39.3 Å². The average Bonchev–Trinajstić information content (AvgIpc) is 2.30. The summed E-state index contributed by atoms with van der Waals surface area (Å²) in [6.45, 7) is 5.66. The Morgan fingerprint density at radius 1 is 1.26 bits per heavy atom. The summed E-state index contributed by atoms with van der Waals surface area (Å²) in [5.41, 5.74) is 2.60. The van der Waals surface area contributed by atoms with E-state index >= 15 is 0 Å². The van der Waals surface area contributed by atoms with Gasteiger partial charge in [0.25, 0.3) is 0 Å². The van der Waals surface area contributed by atoms with E-state index < -0.39 is 0 Å². The topological polar surface area (TPSA) is 55.8 Å². The highest BCUT2D eigenvalue weighted by molar-refractivity contribution is 5.71. The minimum atomic E-state index is -0.300. The Balaban J connectivity index is 1.97. The Morgan fingerprint density at radius 2 is 1.95 bits per heavy atom. The van der Waals surface area contributed by atoms with Gasteiger partial charge in [-0.1, -0.05) is 6.07 Å². The SMILES string of the molecule is CC(C)OC(=O)N(C)C(C)Cc1ccc2ooc2c1. The summed E-state index contributed by atoms with van der Waals surface area (Å²) < 4.78 is 14.8. The van der Waals surface area contributed by atoms with Gasteiger partial charge in [-0.05, 0) is 44.9 Å². The van der Waals surface area contributed by atoms with Crippen LogP contribution in [-0.4, -0.2) is 30.2 Å². The number of likely N-dealkylation sites (N-methyl/N-ethyl adjacent to an activating group) is 1. The van der Waals surface area contributed by atoms with E-state index in [-0.39, 0.29) is 18.2 Å². The maximum Gasteiger partial charge on any atom is 0.410 e. The maximum absolute atomic E-state index is 11.8. The third-order valence-electron chi connectivity index (χ3n) is 3.05. The fourth-order valence-corrected chi connectivity index (χ4v) is 1.81. The van der Waals surface area contributed by atoms with Gasteiger partial charge in [0.05, 0.1) is 6.10 Å². The predicted molar refractivity (Wildman–Crippen MR) is 71.0 cm³/mol. The smallest absolute Gasteiger partial charge is 0.410 e. The Hall–Kier alpha value is -1.91. The number of carbonyl (C=O) groups excluding carboxylic acids is 1. The van der Waals surface area contributed by atoms with Gasteiger partial charge >= 0.3 is 6.09 Å². The van der Waals surface area contributed by atoms with E-state index in [4.69, 9.17) is 13.9 Å². The molecule has 0 bridgehead atoms. The molecule has 0 aliphatic rings. The van der Waals surface area contributed by atoms with Crippen molar-refractivity contribution in [1.82, 2.24) is 4.90 Å². The zero-order valence-electron chi connectivity index (χ0n) is 11.7. The van der Waals surface area contributed by atoms with Gasteiger partial charge in [0.1, 0.15) is 0 Å². The quantitative estimate of drug-likeness (QED) is 0.795. The molecule has 1 unspecified atom stereocenters. The summed E-state index contributed by atoms with van der Waals surface area (Å²) in [6, 6.07) is 5.81. The molecule has 1 amide bonds. The molecule has 0 N–H and O–H groups in total. The van der Waals surface area contributed by atoms with Crippen molar-refractivity contribution in [3.63, 3.8) is 0 Å². The zero-order chi connectivity index (χ0) is 14.0. The van der Waals surface area contributed by atoms with E-state index in [9.17, 15) is 4.79 Å². The van der Waals surface area contributed by atoms with Crippen molar-refractivity contribution in [2.24, 2.45) is 0 Å². The second-order valence-electron chi connectivity index (χ2n) is 5.04. The van der Waals surface area contributed by atoms with Crippen LogP contribution in [0.25, 0.3) is 11.2 Å². The van der Waals surface area contributed by atoms with Gasteiger partial charge in [-0.25, -0.2) is 4.79 Å². The lowest BCUT2D eigenvalue weighted by Gasteiger charge is -2.25. The Kier molecular flexibility index (Phi) is 3.83. The molecule has 19 heavy (non-hydrogen) atoms. The van der Waals surface area contributed by atoms with Gasteiger partial charge in [-0.15, -0.1) is 0 Å². The molecule has 5 heteroatoms. The van der Waals surface area contributed by atoms with E-state index in [0.29, 0.717) is 0 Å². The molecule has 1 aromatic heterocycles. The predicted octanol–water partition coefficient (Wildman–Crippen LogP) is 3.43. The first-order valence-electron chi connectivity index (χ1n) is 6.38. The number of hydrogen-bond acceptors (Lipinski definition) is 4.